The Morgan fingerprint density at radius 3 is 2.72 bits per heavy atom. The van der Waals surface area contributed by atoms with E-state index in [1.54, 1.807) is 20.2 Å². The topological polar surface area (TPSA) is 66.0 Å². The molecule has 1 aromatic carbocycles. The van der Waals surface area contributed by atoms with E-state index in [0.29, 0.717) is 24.1 Å². The van der Waals surface area contributed by atoms with Gasteiger partial charge in [-0.2, -0.15) is 0 Å². The van der Waals surface area contributed by atoms with Gasteiger partial charge in [0.15, 0.2) is 5.96 Å². The number of likely N-dealkylation sites (N-methyl/N-ethyl adjacent to an activating group) is 1. The van der Waals surface area contributed by atoms with Crippen LogP contribution < -0.4 is 10.6 Å². The van der Waals surface area contributed by atoms with Crippen LogP contribution in [0.4, 0.5) is 4.39 Å². The first-order valence-electron chi connectivity index (χ1n) is 9.69. The molecular formula is C20H29ClFIN4O2. The number of guanidine groups is 1. The lowest BCUT2D eigenvalue weighted by Crippen LogP contribution is -2.44. The molecule has 1 saturated heterocycles. The Hall–Kier alpha value is -1.13. The van der Waals surface area contributed by atoms with Crippen molar-refractivity contribution in [3.8, 4) is 0 Å². The summed E-state index contributed by atoms with van der Waals surface area (Å²) in [6.07, 6.45) is 4.20. The molecule has 0 spiro atoms. The van der Waals surface area contributed by atoms with Gasteiger partial charge in [0.2, 0.25) is 5.91 Å². The van der Waals surface area contributed by atoms with Gasteiger partial charge in [0, 0.05) is 44.2 Å². The molecule has 0 radical (unpaired) electrons. The molecule has 1 unspecified atom stereocenters. The van der Waals surface area contributed by atoms with Crippen molar-refractivity contribution < 1.29 is 13.9 Å². The minimum Gasteiger partial charge on any atom is -0.376 e. The lowest BCUT2D eigenvalue weighted by atomic mass is 9.96. The molecule has 1 amide bonds. The third-order valence-electron chi connectivity index (χ3n) is 5.34. The summed E-state index contributed by atoms with van der Waals surface area (Å²) in [5.41, 5.74) is 0.828. The molecule has 162 valence electrons. The summed E-state index contributed by atoms with van der Waals surface area (Å²) >= 11 is 6.27. The SMILES string of the molecule is CN(C)C(=O)CN=C(NCC1CCCO1)NCC1(c2ccc(F)cc2Cl)CC1.I. The van der Waals surface area contributed by atoms with Gasteiger partial charge in [-0.15, -0.1) is 24.0 Å². The average molecular weight is 539 g/mol. The first-order chi connectivity index (χ1) is 13.4. The molecular weight excluding hydrogens is 510 g/mol. The van der Waals surface area contributed by atoms with Crippen molar-refractivity contribution >= 4 is 47.4 Å². The number of nitrogens with zero attached hydrogens (tertiary/aromatic N) is 2. The second-order valence-electron chi connectivity index (χ2n) is 7.73. The van der Waals surface area contributed by atoms with Gasteiger partial charge < -0.3 is 20.3 Å². The van der Waals surface area contributed by atoms with Crippen LogP contribution >= 0.6 is 35.6 Å². The number of hydrogen-bond acceptors (Lipinski definition) is 3. The van der Waals surface area contributed by atoms with Crippen molar-refractivity contribution in [1.29, 1.82) is 0 Å². The third kappa shape index (κ3) is 6.68. The summed E-state index contributed by atoms with van der Waals surface area (Å²) in [6.45, 7) is 2.12. The predicted octanol–water partition coefficient (Wildman–Crippen LogP) is 2.93. The molecule has 0 aromatic heterocycles. The number of ether oxygens (including phenoxy) is 1. The van der Waals surface area contributed by atoms with E-state index in [2.05, 4.69) is 15.6 Å². The van der Waals surface area contributed by atoms with E-state index in [0.717, 1.165) is 37.9 Å². The Morgan fingerprint density at radius 2 is 2.14 bits per heavy atom. The molecule has 1 aliphatic carbocycles. The summed E-state index contributed by atoms with van der Waals surface area (Å²) in [4.78, 5) is 17.8. The number of halogens is 3. The monoisotopic (exact) mass is 538 g/mol. The van der Waals surface area contributed by atoms with Gasteiger partial charge in [-0.05, 0) is 43.4 Å². The second kappa shape index (κ2) is 10.8. The van der Waals surface area contributed by atoms with Crippen LogP contribution in [0.1, 0.15) is 31.2 Å². The van der Waals surface area contributed by atoms with E-state index in [9.17, 15) is 9.18 Å². The molecule has 1 heterocycles. The fourth-order valence-corrected chi connectivity index (χ4v) is 3.71. The Balaban J connectivity index is 0.00000300. The number of rotatable bonds is 7. The normalized spacial score (nSPS) is 20.0. The first-order valence-corrected chi connectivity index (χ1v) is 10.1. The Bertz CT molecular complexity index is 737. The Kier molecular flexibility index (Phi) is 8.96. The van der Waals surface area contributed by atoms with Crippen LogP contribution in [0.15, 0.2) is 23.2 Å². The highest BCUT2D eigenvalue weighted by Crippen LogP contribution is 2.50. The van der Waals surface area contributed by atoms with Crippen LogP contribution in [0.2, 0.25) is 5.02 Å². The summed E-state index contributed by atoms with van der Waals surface area (Å²) in [7, 11) is 3.42. The fourth-order valence-electron chi connectivity index (χ4n) is 3.34. The van der Waals surface area contributed by atoms with Gasteiger partial charge in [-0.1, -0.05) is 17.7 Å². The summed E-state index contributed by atoms with van der Waals surface area (Å²) < 4.78 is 19.0. The first kappa shape index (κ1) is 24.1. The Labute approximate surface area is 193 Å². The van der Waals surface area contributed by atoms with Crippen molar-refractivity contribution in [2.45, 2.75) is 37.2 Å². The van der Waals surface area contributed by atoms with Crippen LogP contribution in [-0.2, 0) is 14.9 Å². The zero-order chi connectivity index (χ0) is 20.1. The zero-order valence-electron chi connectivity index (χ0n) is 16.8. The summed E-state index contributed by atoms with van der Waals surface area (Å²) in [5, 5.41) is 7.07. The van der Waals surface area contributed by atoms with Crippen molar-refractivity contribution in [1.82, 2.24) is 15.5 Å². The highest BCUT2D eigenvalue weighted by molar-refractivity contribution is 14.0. The maximum Gasteiger partial charge on any atom is 0.243 e. The van der Waals surface area contributed by atoms with Crippen LogP contribution in [0.3, 0.4) is 0 Å². The number of nitrogens with one attached hydrogen (secondary N) is 2. The van der Waals surface area contributed by atoms with Gasteiger partial charge in [-0.25, -0.2) is 9.38 Å². The van der Waals surface area contributed by atoms with Gasteiger partial charge in [-0.3, -0.25) is 4.79 Å². The molecule has 1 aliphatic heterocycles. The number of hydrogen-bond donors (Lipinski definition) is 2. The molecule has 2 fully saturated rings. The van der Waals surface area contributed by atoms with Crippen molar-refractivity contribution in [2.24, 2.45) is 4.99 Å². The summed E-state index contributed by atoms with van der Waals surface area (Å²) in [5.74, 6) is 0.177. The van der Waals surface area contributed by atoms with Crippen molar-refractivity contribution in [2.75, 3.05) is 40.3 Å². The van der Waals surface area contributed by atoms with Gasteiger partial charge in [0.05, 0.1) is 6.10 Å². The smallest absolute Gasteiger partial charge is 0.243 e. The fraction of sp³-hybridized carbons (Fsp3) is 0.600. The van der Waals surface area contributed by atoms with E-state index in [4.69, 9.17) is 16.3 Å². The second-order valence-corrected chi connectivity index (χ2v) is 8.13. The van der Waals surface area contributed by atoms with Crippen LogP contribution in [0, 0.1) is 5.82 Å². The number of aliphatic imine (C=N–C) groups is 1. The lowest BCUT2D eigenvalue weighted by molar-refractivity contribution is -0.127. The molecule has 6 nitrogen and oxygen atoms in total. The van der Waals surface area contributed by atoms with E-state index in [-0.39, 0.29) is 53.8 Å². The molecule has 9 heteroatoms. The largest absolute Gasteiger partial charge is 0.376 e. The number of carbonyl (C=O) groups is 1. The molecule has 2 aliphatic rings. The number of carbonyl (C=O) groups excluding carboxylic acids is 1. The zero-order valence-corrected chi connectivity index (χ0v) is 19.9. The minimum atomic E-state index is -0.333. The molecule has 1 atom stereocenters. The van der Waals surface area contributed by atoms with Gasteiger partial charge in [0.25, 0.3) is 0 Å². The van der Waals surface area contributed by atoms with Crippen molar-refractivity contribution in [3.63, 3.8) is 0 Å². The van der Waals surface area contributed by atoms with Crippen LogP contribution in [0.5, 0.6) is 0 Å². The van der Waals surface area contributed by atoms with E-state index in [1.165, 1.54) is 17.0 Å². The summed E-state index contributed by atoms with van der Waals surface area (Å²) in [6, 6.07) is 4.57. The van der Waals surface area contributed by atoms with E-state index < -0.39 is 0 Å². The highest BCUT2D eigenvalue weighted by atomic mass is 127. The predicted molar refractivity (Wildman–Crippen MR) is 124 cm³/mol. The third-order valence-corrected chi connectivity index (χ3v) is 5.66. The highest BCUT2D eigenvalue weighted by Gasteiger charge is 2.45. The van der Waals surface area contributed by atoms with Crippen molar-refractivity contribution in [3.05, 3.63) is 34.6 Å². The standard InChI is InChI=1S/C20H28ClFN4O2.HI/c1-26(2)18(27)12-24-19(23-11-15-4-3-9-28-15)25-13-20(7-8-20)16-6-5-14(22)10-17(16)21;/h5-6,10,15H,3-4,7-9,11-13H2,1-2H3,(H2,23,24,25);1H. The molecule has 0 bridgehead atoms. The van der Waals surface area contributed by atoms with Crippen LogP contribution in [0.25, 0.3) is 0 Å². The number of benzene rings is 1. The minimum absolute atomic E-state index is 0. The molecule has 1 saturated carbocycles. The quantitative estimate of drug-likeness (QED) is 0.318. The molecule has 3 rings (SSSR count). The molecule has 2 N–H and O–H groups in total. The molecule has 1 aromatic rings. The average Bonchev–Trinajstić information content (AvgIpc) is 3.24. The maximum absolute atomic E-state index is 13.4. The van der Waals surface area contributed by atoms with Gasteiger partial charge in [0.1, 0.15) is 12.4 Å². The molecule has 29 heavy (non-hydrogen) atoms. The van der Waals surface area contributed by atoms with Crippen LogP contribution in [-0.4, -0.2) is 63.2 Å². The van der Waals surface area contributed by atoms with E-state index >= 15 is 0 Å². The lowest BCUT2D eigenvalue weighted by Gasteiger charge is -2.21. The maximum atomic E-state index is 13.4. The Morgan fingerprint density at radius 1 is 1.38 bits per heavy atom. The van der Waals surface area contributed by atoms with E-state index in [1.807, 2.05) is 0 Å². The van der Waals surface area contributed by atoms with Gasteiger partial charge >= 0.3 is 0 Å². The number of amides is 1.